The minimum Gasteiger partial charge on any atom is -0.381 e. The summed E-state index contributed by atoms with van der Waals surface area (Å²) in [5, 5.41) is 7.50. The summed E-state index contributed by atoms with van der Waals surface area (Å²) in [4.78, 5) is 0. The van der Waals surface area contributed by atoms with E-state index in [1.807, 2.05) is 18.2 Å². The van der Waals surface area contributed by atoms with Crippen LogP contribution >= 0.6 is 11.3 Å². The van der Waals surface area contributed by atoms with E-state index in [2.05, 4.69) is 46.4 Å². The lowest BCUT2D eigenvalue weighted by molar-refractivity contribution is 1.36. The molecule has 0 bridgehead atoms. The summed E-state index contributed by atoms with van der Waals surface area (Å²) in [7, 11) is 0. The van der Waals surface area contributed by atoms with Gasteiger partial charge in [0, 0.05) is 17.6 Å². The second-order valence-electron chi connectivity index (χ2n) is 3.21. The van der Waals surface area contributed by atoms with Gasteiger partial charge in [0.2, 0.25) is 0 Å². The Hall–Kier alpha value is -1.54. The van der Waals surface area contributed by atoms with E-state index in [1.165, 1.54) is 11.3 Å². The first-order chi connectivity index (χ1) is 7.45. The van der Waals surface area contributed by atoms with Crippen LogP contribution in [0.1, 0.15) is 5.56 Å². The third-order valence-corrected chi connectivity index (χ3v) is 2.74. The average Bonchev–Trinajstić information content (AvgIpc) is 2.79. The molecule has 0 saturated carbocycles. The summed E-state index contributed by atoms with van der Waals surface area (Å²) in [6.45, 7) is 0.867. The molecule has 2 heteroatoms. The fourth-order valence-electron chi connectivity index (χ4n) is 1.30. The van der Waals surface area contributed by atoms with Gasteiger partial charge in [0.05, 0.1) is 0 Å². The van der Waals surface area contributed by atoms with Gasteiger partial charge in [-0.2, -0.15) is 11.3 Å². The van der Waals surface area contributed by atoms with Gasteiger partial charge in [-0.3, -0.25) is 0 Å². The first kappa shape index (κ1) is 9.99. The molecule has 0 fully saturated rings. The minimum absolute atomic E-state index is 0.867. The molecule has 1 N–H and O–H groups in total. The van der Waals surface area contributed by atoms with Gasteiger partial charge >= 0.3 is 0 Å². The third-order valence-electron chi connectivity index (χ3n) is 2.06. The lowest BCUT2D eigenvalue weighted by atomic mass is 10.2. The van der Waals surface area contributed by atoms with Gasteiger partial charge in [-0.15, -0.1) is 0 Å². The van der Waals surface area contributed by atoms with Gasteiger partial charge in [-0.25, -0.2) is 0 Å². The number of hydrogen-bond acceptors (Lipinski definition) is 2. The maximum Gasteiger partial charge on any atom is 0.0451 e. The lowest BCUT2D eigenvalue weighted by Gasteiger charge is -1.97. The maximum absolute atomic E-state index is 3.32. The SMILES string of the molecule is C(=Cc1ccccc1)CNc1ccsc1. The van der Waals surface area contributed by atoms with Crippen LogP contribution in [0.25, 0.3) is 6.08 Å². The summed E-state index contributed by atoms with van der Waals surface area (Å²) in [6.07, 6.45) is 4.26. The Kier molecular flexibility index (Phi) is 3.58. The van der Waals surface area contributed by atoms with Crippen LogP contribution in [-0.4, -0.2) is 6.54 Å². The van der Waals surface area contributed by atoms with E-state index in [1.54, 1.807) is 11.3 Å². The number of hydrogen-bond donors (Lipinski definition) is 1. The quantitative estimate of drug-likeness (QED) is 0.816. The number of thiophene rings is 1. The topological polar surface area (TPSA) is 12.0 Å². The third kappa shape index (κ3) is 3.26. The first-order valence-corrected chi connectivity index (χ1v) is 5.87. The molecule has 0 aliphatic carbocycles. The van der Waals surface area contributed by atoms with Crippen molar-refractivity contribution in [1.82, 2.24) is 0 Å². The number of nitrogens with one attached hydrogen (secondary N) is 1. The average molecular weight is 215 g/mol. The smallest absolute Gasteiger partial charge is 0.0451 e. The zero-order chi connectivity index (χ0) is 10.3. The Bertz CT molecular complexity index is 403. The molecule has 2 rings (SSSR count). The van der Waals surface area contributed by atoms with Crippen LogP contribution in [0, 0.1) is 0 Å². The Morgan fingerprint density at radius 1 is 1.13 bits per heavy atom. The standard InChI is InChI=1S/C13H13NS/c1-2-5-12(6-3-1)7-4-9-14-13-8-10-15-11-13/h1-8,10-11,14H,9H2. The molecule has 0 atom stereocenters. The molecule has 0 amide bonds. The van der Waals surface area contributed by atoms with Crippen LogP contribution in [0.2, 0.25) is 0 Å². The lowest BCUT2D eigenvalue weighted by Crippen LogP contribution is -1.95. The molecular formula is C13H13NS. The van der Waals surface area contributed by atoms with E-state index in [0.717, 1.165) is 6.54 Å². The molecular weight excluding hydrogens is 202 g/mol. The zero-order valence-electron chi connectivity index (χ0n) is 8.39. The molecule has 15 heavy (non-hydrogen) atoms. The molecule has 1 heterocycles. The monoisotopic (exact) mass is 215 g/mol. The molecule has 76 valence electrons. The van der Waals surface area contributed by atoms with Crippen molar-refractivity contribution in [3.05, 3.63) is 58.8 Å². The van der Waals surface area contributed by atoms with Crippen molar-refractivity contribution in [2.24, 2.45) is 0 Å². The predicted molar refractivity (Wildman–Crippen MR) is 68.3 cm³/mol. The fraction of sp³-hybridized carbons (Fsp3) is 0.0769. The summed E-state index contributed by atoms with van der Waals surface area (Å²) in [5.74, 6) is 0. The summed E-state index contributed by atoms with van der Waals surface area (Å²) in [5.41, 5.74) is 2.43. The van der Waals surface area contributed by atoms with Gasteiger partial charge in [0.15, 0.2) is 0 Å². The molecule has 0 saturated heterocycles. The second-order valence-corrected chi connectivity index (χ2v) is 3.99. The van der Waals surface area contributed by atoms with E-state index in [9.17, 15) is 0 Å². The first-order valence-electron chi connectivity index (χ1n) is 4.93. The summed E-state index contributed by atoms with van der Waals surface area (Å²) in [6, 6.07) is 12.4. The molecule has 1 aromatic carbocycles. The van der Waals surface area contributed by atoms with Crippen LogP contribution in [0.15, 0.2) is 53.2 Å². The molecule has 0 aliphatic heterocycles. The van der Waals surface area contributed by atoms with E-state index in [4.69, 9.17) is 0 Å². The summed E-state index contributed by atoms with van der Waals surface area (Å²) < 4.78 is 0. The molecule has 0 unspecified atom stereocenters. The van der Waals surface area contributed by atoms with E-state index in [-0.39, 0.29) is 0 Å². The van der Waals surface area contributed by atoms with E-state index >= 15 is 0 Å². The van der Waals surface area contributed by atoms with Crippen molar-refractivity contribution in [3.63, 3.8) is 0 Å². The van der Waals surface area contributed by atoms with Gasteiger partial charge in [0.25, 0.3) is 0 Å². The highest BCUT2D eigenvalue weighted by molar-refractivity contribution is 7.08. The van der Waals surface area contributed by atoms with Crippen molar-refractivity contribution < 1.29 is 0 Å². The predicted octanol–water partition coefficient (Wildman–Crippen LogP) is 3.87. The number of benzene rings is 1. The van der Waals surface area contributed by atoms with Crippen molar-refractivity contribution in [3.8, 4) is 0 Å². The van der Waals surface area contributed by atoms with Crippen molar-refractivity contribution in [1.29, 1.82) is 0 Å². The zero-order valence-corrected chi connectivity index (χ0v) is 9.21. The van der Waals surface area contributed by atoms with Gasteiger partial charge in [0.1, 0.15) is 0 Å². The number of anilines is 1. The highest BCUT2D eigenvalue weighted by Crippen LogP contribution is 2.11. The van der Waals surface area contributed by atoms with Crippen LogP contribution < -0.4 is 5.32 Å². The Morgan fingerprint density at radius 3 is 2.73 bits per heavy atom. The van der Waals surface area contributed by atoms with Gasteiger partial charge in [-0.05, 0) is 17.0 Å². The fourth-order valence-corrected chi connectivity index (χ4v) is 1.91. The largest absolute Gasteiger partial charge is 0.381 e. The van der Waals surface area contributed by atoms with Crippen LogP contribution in [0.5, 0.6) is 0 Å². The van der Waals surface area contributed by atoms with Crippen molar-refractivity contribution in [2.75, 3.05) is 11.9 Å². The van der Waals surface area contributed by atoms with Crippen LogP contribution in [0.4, 0.5) is 5.69 Å². The normalized spacial score (nSPS) is 10.7. The molecule has 0 radical (unpaired) electrons. The highest BCUT2D eigenvalue weighted by Gasteiger charge is 1.87. The molecule has 1 aromatic heterocycles. The Labute approximate surface area is 94.1 Å². The molecule has 1 nitrogen and oxygen atoms in total. The van der Waals surface area contributed by atoms with Crippen molar-refractivity contribution in [2.45, 2.75) is 0 Å². The highest BCUT2D eigenvalue weighted by atomic mass is 32.1. The van der Waals surface area contributed by atoms with E-state index in [0.29, 0.717) is 0 Å². The van der Waals surface area contributed by atoms with Crippen LogP contribution in [0.3, 0.4) is 0 Å². The van der Waals surface area contributed by atoms with Gasteiger partial charge in [-0.1, -0.05) is 42.5 Å². The van der Waals surface area contributed by atoms with Crippen LogP contribution in [-0.2, 0) is 0 Å². The Balaban J connectivity index is 1.81. The Morgan fingerprint density at radius 2 is 2.00 bits per heavy atom. The summed E-state index contributed by atoms with van der Waals surface area (Å²) >= 11 is 1.71. The molecule has 0 spiro atoms. The molecule has 0 aliphatic rings. The maximum atomic E-state index is 3.32. The minimum atomic E-state index is 0.867. The van der Waals surface area contributed by atoms with Crippen molar-refractivity contribution >= 4 is 23.1 Å². The number of rotatable bonds is 4. The van der Waals surface area contributed by atoms with E-state index < -0.39 is 0 Å². The molecule has 2 aromatic rings. The second kappa shape index (κ2) is 5.37. The van der Waals surface area contributed by atoms with Gasteiger partial charge < -0.3 is 5.32 Å².